The minimum Gasteiger partial charge on any atom is -0.298 e. The first-order chi connectivity index (χ1) is 12.5. The molecular weight excluding hydrogens is 346 g/mol. The molecule has 0 saturated heterocycles. The van der Waals surface area contributed by atoms with E-state index < -0.39 is 0 Å². The number of rotatable bonds is 3. The van der Waals surface area contributed by atoms with Crippen molar-refractivity contribution in [1.82, 2.24) is 19.6 Å². The van der Waals surface area contributed by atoms with Crippen molar-refractivity contribution in [3.63, 3.8) is 0 Å². The molecule has 0 aliphatic heterocycles. The number of aromatic nitrogens is 4. The van der Waals surface area contributed by atoms with E-state index >= 15 is 0 Å². The van der Waals surface area contributed by atoms with E-state index in [2.05, 4.69) is 52.4 Å². The van der Waals surface area contributed by atoms with E-state index in [0.717, 1.165) is 16.8 Å². The fourth-order valence-corrected chi connectivity index (χ4v) is 3.65. The van der Waals surface area contributed by atoms with Crippen LogP contribution in [0.3, 0.4) is 0 Å². The number of pyridine rings is 1. The predicted molar refractivity (Wildman–Crippen MR) is 103 cm³/mol. The number of fused-ring (bicyclic) bond motifs is 1. The maximum Gasteiger partial charge on any atom is 0.261 e. The number of anilines is 1. The number of thiazole rings is 1. The monoisotopic (exact) mass is 363 g/mol. The third-order valence-corrected chi connectivity index (χ3v) is 4.89. The third-order valence-electron chi connectivity index (χ3n) is 4.01. The van der Waals surface area contributed by atoms with Crippen LogP contribution >= 0.6 is 11.3 Å². The van der Waals surface area contributed by atoms with Gasteiger partial charge in [0, 0.05) is 17.1 Å². The summed E-state index contributed by atoms with van der Waals surface area (Å²) in [5.74, 6) is -0.247. The van der Waals surface area contributed by atoms with Crippen LogP contribution in [-0.2, 0) is 0 Å². The van der Waals surface area contributed by atoms with Gasteiger partial charge in [0.05, 0.1) is 11.3 Å². The summed E-state index contributed by atoms with van der Waals surface area (Å²) in [5, 5.41) is 9.53. The average Bonchev–Trinajstić information content (AvgIpc) is 3.21. The number of nitrogens with one attached hydrogen (secondary N) is 1. The molecule has 0 saturated carbocycles. The van der Waals surface area contributed by atoms with Crippen LogP contribution in [0.4, 0.5) is 5.13 Å². The van der Waals surface area contributed by atoms with E-state index in [1.807, 2.05) is 24.6 Å². The Bertz CT molecular complexity index is 1110. The molecule has 0 radical (unpaired) electrons. The van der Waals surface area contributed by atoms with Gasteiger partial charge in [-0.15, -0.1) is 11.3 Å². The lowest BCUT2D eigenvalue weighted by Crippen LogP contribution is -2.14. The Morgan fingerprint density at radius 3 is 2.54 bits per heavy atom. The second kappa shape index (κ2) is 6.34. The highest BCUT2D eigenvalue weighted by Crippen LogP contribution is 2.25. The third kappa shape index (κ3) is 3.09. The smallest absolute Gasteiger partial charge is 0.261 e. The molecule has 0 spiro atoms. The van der Waals surface area contributed by atoms with Gasteiger partial charge in [-0.05, 0) is 32.4 Å². The summed E-state index contributed by atoms with van der Waals surface area (Å²) in [4.78, 5) is 21.3. The van der Waals surface area contributed by atoms with E-state index in [9.17, 15) is 4.79 Å². The summed E-state index contributed by atoms with van der Waals surface area (Å²) in [7, 11) is 0. The largest absolute Gasteiger partial charge is 0.298 e. The Morgan fingerprint density at radius 2 is 1.85 bits per heavy atom. The molecule has 130 valence electrons. The molecule has 0 aliphatic carbocycles. The number of carbonyl (C=O) groups excluding carboxylic acids is 1. The SMILES string of the molecule is Cc1cc(C)cc(-c2cc(C(=O)Nc3nc(C)cs3)c3ncnn3c2)c1. The molecule has 3 heterocycles. The van der Waals surface area contributed by atoms with Gasteiger partial charge >= 0.3 is 0 Å². The van der Waals surface area contributed by atoms with Gasteiger partial charge < -0.3 is 0 Å². The molecule has 0 fully saturated rings. The summed E-state index contributed by atoms with van der Waals surface area (Å²) < 4.78 is 1.63. The van der Waals surface area contributed by atoms with Crippen molar-refractivity contribution in [2.24, 2.45) is 0 Å². The van der Waals surface area contributed by atoms with E-state index in [0.29, 0.717) is 16.3 Å². The fourth-order valence-electron chi connectivity index (χ4n) is 2.97. The van der Waals surface area contributed by atoms with E-state index in [1.54, 1.807) is 4.52 Å². The van der Waals surface area contributed by atoms with Gasteiger partial charge in [-0.3, -0.25) is 10.1 Å². The fraction of sp³-hybridized carbons (Fsp3) is 0.158. The summed E-state index contributed by atoms with van der Waals surface area (Å²) in [6.45, 7) is 6.01. The topological polar surface area (TPSA) is 72.2 Å². The number of nitrogens with zero attached hydrogens (tertiary/aromatic N) is 4. The molecule has 26 heavy (non-hydrogen) atoms. The van der Waals surface area contributed by atoms with Crippen LogP contribution in [0, 0.1) is 20.8 Å². The van der Waals surface area contributed by atoms with Crippen molar-refractivity contribution < 1.29 is 4.79 Å². The lowest BCUT2D eigenvalue weighted by molar-refractivity contribution is 0.102. The molecule has 4 aromatic rings. The molecule has 7 heteroatoms. The zero-order chi connectivity index (χ0) is 18.3. The summed E-state index contributed by atoms with van der Waals surface area (Å²) in [6.07, 6.45) is 3.34. The maximum atomic E-state index is 12.8. The van der Waals surface area contributed by atoms with Crippen LogP contribution < -0.4 is 5.32 Å². The van der Waals surface area contributed by atoms with Gasteiger partial charge in [0.1, 0.15) is 6.33 Å². The maximum absolute atomic E-state index is 12.8. The van der Waals surface area contributed by atoms with Crippen molar-refractivity contribution >= 4 is 28.0 Å². The van der Waals surface area contributed by atoms with Gasteiger partial charge in [-0.1, -0.05) is 29.3 Å². The Kier molecular flexibility index (Phi) is 4.00. The number of amides is 1. The van der Waals surface area contributed by atoms with Crippen LogP contribution in [-0.4, -0.2) is 25.5 Å². The molecule has 0 aliphatic rings. The zero-order valence-electron chi connectivity index (χ0n) is 14.6. The first-order valence-corrected chi connectivity index (χ1v) is 9.03. The number of benzene rings is 1. The minimum atomic E-state index is -0.247. The molecule has 3 aromatic heterocycles. The molecule has 0 unspecified atom stereocenters. The first kappa shape index (κ1) is 16.4. The summed E-state index contributed by atoms with van der Waals surface area (Å²) in [5.41, 5.74) is 6.15. The van der Waals surface area contributed by atoms with Crippen LogP contribution in [0.5, 0.6) is 0 Å². The van der Waals surface area contributed by atoms with Crippen LogP contribution in [0.1, 0.15) is 27.2 Å². The number of hydrogen-bond donors (Lipinski definition) is 1. The zero-order valence-corrected chi connectivity index (χ0v) is 15.5. The Morgan fingerprint density at radius 1 is 1.08 bits per heavy atom. The first-order valence-electron chi connectivity index (χ1n) is 8.15. The van der Waals surface area contributed by atoms with Crippen molar-refractivity contribution in [3.8, 4) is 11.1 Å². The molecule has 0 atom stereocenters. The molecule has 4 rings (SSSR count). The van der Waals surface area contributed by atoms with Crippen LogP contribution in [0.25, 0.3) is 16.8 Å². The number of carbonyl (C=O) groups is 1. The molecule has 1 aromatic carbocycles. The van der Waals surface area contributed by atoms with Gasteiger partial charge in [0.2, 0.25) is 0 Å². The Balaban J connectivity index is 1.81. The highest BCUT2D eigenvalue weighted by atomic mass is 32.1. The van der Waals surface area contributed by atoms with E-state index in [-0.39, 0.29) is 5.91 Å². The predicted octanol–water partition coefficient (Wildman–Crippen LogP) is 4.03. The van der Waals surface area contributed by atoms with Crippen LogP contribution in [0.2, 0.25) is 0 Å². The molecule has 1 N–H and O–H groups in total. The quantitative estimate of drug-likeness (QED) is 0.596. The van der Waals surface area contributed by atoms with E-state index in [1.165, 1.54) is 28.8 Å². The van der Waals surface area contributed by atoms with Gasteiger partial charge in [-0.25, -0.2) is 14.5 Å². The molecule has 0 bridgehead atoms. The van der Waals surface area contributed by atoms with Gasteiger partial charge in [0.15, 0.2) is 10.8 Å². The Labute approximate surface area is 154 Å². The number of hydrogen-bond acceptors (Lipinski definition) is 5. The second-order valence-corrected chi connectivity index (χ2v) is 7.15. The lowest BCUT2D eigenvalue weighted by atomic mass is 10.0. The van der Waals surface area contributed by atoms with E-state index in [4.69, 9.17) is 0 Å². The standard InChI is InChI=1S/C19H17N5OS/c1-11-4-12(2)6-14(5-11)15-7-16(17-20-10-21-24(17)8-15)18(25)23-19-22-13(3)9-26-19/h4-10H,1-3H3,(H,22,23,25). The number of aryl methyl sites for hydroxylation is 3. The van der Waals surface area contributed by atoms with Crippen molar-refractivity contribution in [2.45, 2.75) is 20.8 Å². The van der Waals surface area contributed by atoms with Crippen molar-refractivity contribution in [1.29, 1.82) is 0 Å². The van der Waals surface area contributed by atoms with Crippen molar-refractivity contribution in [2.75, 3.05) is 5.32 Å². The minimum absolute atomic E-state index is 0.247. The normalized spacial score (nSPS) is 11.0. The molecule has 6 nitrogen and oxygen atoms in total. The molecule has 1 amide bonds. The lowest BCUT2D eigenvalue weighted by Gasteiger charge is -2.09. The highest BCUT2D eigenvalue weighted by Gasteiger charge is 2.16. The van der Waals surface area contributed by atoms with Crippen molar-refractivity contribution in [3.05, 3.63) is 64.6 Å². The Hall–Kier alpha value is -3.06. The van der Waals surface area contributed by atoms with Crippen LogP contribution in [0.15, 0.2) is 42.2 Å². The average molecular weight is 363 g/mol. The second-order valence-electron chi connectivity index (χ2n) is 6.30. The summed E-state index contributed by atoms with van der Waals surface area (Å²) >= 11 is 1.40. The molecular formula is C19H17N5OS. The highest BCUT2D eigenvalue weighted by molar-refractivity contribution is 7.13. The summed E-state index contributed by atoms with van der Waals surface area (Å²) in [6, 6.07) is 8.16. The van der Waals surface area contributed by atoms with Gasteiger partial charge in [-0.2, -0.15) is 5.10 Å². The van der Waals surface area contributed by atoms with Gasteiger partial charge in [0.25, 0.3) is 5.91 Å².